The van der Waals surface area contributed by atoms with Crippen molar-refractivity contribution in [2.24, 2.45) is 22.7 Å². The van der Waals surface area contributed by atoms with E-state index in [4.69, 9.17) is 0 Å². The molecule has 0 aliphatic heterocycles. The first-order valence-corrected chi connectivity index (χ1v) is 9.06. The van der Waals surface area contributed by atoms with Gasteiger partial charge in [-0.25, -0.2) is 0 Å². The van der Waals surface area contributed by atoms with E-state index in [9.17, 15) is 0 Å². The summed E-state index contributed by atoms with van der Waals surface area (Å²) < 4.78 is 0. The van der Waals surface area contributed by atoms with Crippen LogP contribution in [0.5, 0.6) is 0 Å². The van der Waals surface area contributed by atoms with E-state index in [-0.39, 0.29) is 0 Å². The van der Waals surface area contributed by atoms with E-state index < -0.39 is 0 Å². The van der Waals surface area contributed by atoms with Crippen molar-refractivity contribution in [3.63, 3.8) is 0 Å². The average Bonchev–Trinajstić information content (AvgIpc) is 2.47. The zero-order chi connectivity index (χ0) is 17.0. The molecule has 0 heterocycles. The van der Waals surface area contributed by atoms with Gasteiger partial charge in [0, 0.05) is 0 Å². The summed E-state index contributed by atoms with van der Waals surface area (Å²) in [5, 5.41) is 0. The molecular weight excluding hydrogens is 264 g/mol. The van der Waals surface area contributed by atoms with Crippen LogP contribution in [0.15, 0.2) is 34.8 Å². The predicted molar refractivity (Wildman–Crippen MR) is 98.9 cm³/mol. The molecule has 0 heteroatoms. The van der Waals surface area contributed by atoms with Gasteiger partial charge in [0.25, 0.3) is 0 Å². The summed E-state index contributed by atoms with van der Waals surface area (Å²) in [4.78, 5) is 0. The Labute approximate surface area is 139 Å². The van der Waals surface area contributed by atoms with Crippen LogP contribution >= 0.6 is 0 Å². The van der Waals surface area contributed by atoms with Crippen molar-refractivity contribution in [1.29, 1.82) is 0 Å². The van der Waals surface area contributed by atoms with E-state index >= 15 is 0 Å². The molecule has 2 aliphatic rings. The first kappa shape index (κ1) is 19.1. The normalized spacial score (nSPS) is 27.3. The number of hydrogen-bond donors (Lipinski definition) is 0. The van der Waals surface area contributed by atoms with Gasteiger partial charge in [0.2, 0.25) is 0 Å². The fourth-order valence-corrected chi connectivity index (χ4v) is 3.91. The molecule has 2 atom stereocenters. The molecule has 0 saturated heterocycles. The number of rotatable bonds is 2. The van der Waals surface area contributed by atoms with Gasteiger partial charge in [-0.1, -0.05) is 54.4 Å². The van der Waals surface area contributed by atoms with Gasteiger partial charge in [0.05, 0.1) is 0 Å². The molecule has 2 saturated carbocycles. The monoisotopic (exact) mass is 300 g/mol. The molecule has 0 aromatic carbocycles. The Morgan fingerprint density at radius 2 is 1.14 bits per heavy atom. The Morgan fingerprint density at radius 1 is 0.818 bits per heavy atom. The molecule has 22 heavy (non-hydrogen) atoms. The van der Waals surface area contributed by atoms with Crippen molar-refractivity contribution in [3.8, 4) is 0 Å². The maximum Gasteiger partial charge on any atom is -0.00374 e. The molecule has 0 aromatic heterocycles. The van der Waals surface area contributed by atoms with Gasteiger partial charge in [0.1, 0.15) is 0 Å². The third-order valence-electron chi connectivity index (χ3n) is 6.12. The Hall–Kier alpha value is -0.960. The molecule has 0 nitrogen and oxygen atoms in total. The SMILES string of the molecule is CC=C=C1CC(CC)C1(C)C.CC=C=C1CC(CC)C1(C)C. The Kier molecular flexibility index (Phi) is 6.54. The first-order valence-electron chi connectivity index (χ1n) is 9.06. The molecular formula is C22H36. The zero-order valence-electron chi connectivity index (χ0n) is 16.1. The maximum absolute atomic E-state index is 3.33. The minimum absolute atomic E-state index is 0.432. The van der Waals surface area contributed by atoms with E-state index in [1.165, 1.54) is 36.8 Å². The second-order valence-corrected chi connectivity index (χ2v) is 7.89. The Bertz CT molecular complexity index is 452. The molecule has 2 fully saturated rings. The van der Waals surface area contributed by atoms with Crippen molar-refractivity contribution in [2.75, 3.05) is 0 Å². The van der Waals surface area contributed by atoms with E-state index in [0.717, 1.165) is 11.8 Å². The summed E-state index contributed by atoms with van der Waals surface area (Å²) in [6.07, 6.45) is 9.22. The lowest BCUT2D eigenvalue weighted by Crippen LogP contribution is -2.36. The van der Waals surface area contributed by atoms with E-state index in [2.05, 4.69) is 53.0 Å². The van der Waals surface area contributed by atoms with Gasteiger partial charge in [-0.05, 0) is 72.7 Å². The van der Waals surface area contributed by atoms with Gasteiger partial charge in [0.15, 0.2) is 0 Å². The number of allylic oxidation sites excluding steroid dienone is 2. The van der Waals surface area contributed by atoms with Crippen LogP contribution < -0.4 is 0 Å². The summed E-state index contributed by atoms with van der Waals surface area (Å²) >= 11 is 0. The summed E-state index contributed by atoms with van der Waals surface area (Å²) in [5.74, 6) is 1.79. The molecule has 0 aromatic rings. The highest BCUT2D eigenvalue weighted by atomic mass is 14.5. The van der Waals surface area contributed by atoms with Crippen molar-refractivity contribution < 1.29 is 0 Å². The lowest BCUT2D eigenvalue weighted by molar-refractivity contribution is 0.161. The summed E-state index contributed by atoms with van der Waals surface area (Å²) in [7, 11) is 0. The van der Waals surface area contributed by atoms with Crippen molar-refractivity contribution in [1.82, 2.24) is 0 Å². The molecule has 0 N–H and O–H groups in total. The second kappa shape index (κ2) is 7.54. The molecule has 2 unspecified atom stereocenters. The lowest BCUT2D eigenvalue weighted by atomic mass is 9.58. The lowest BCUT2D eigenvalue weighted by Gasteiger charge is -2.46. The largest absolute Gasteiger partial charge is 0.126 e. The Balaban J connectivity index is 0.000000220. The minimum atomic E-state index is 0.432. The van der Waals surface area contributed by atoms with Gasteiger partial charge in [-0.2, -0.15) is 0 Å². The highest BCUT2D eigenvalue weighted by Gasteiger charge is 2.42. The molecule has 0 radical (unpaired) electrons. The van der Waals surface area contributed by atoms with Crippen LogP contribution in [0.4, 0.5) is 0 Å². The van der Waals surface area contributed by atoms with Crippen molar-refractivity contribution in [2.45, 2.75) is 81.1 Å². The fraction of sp³-hybridized carbons (Fsp3) is 0.727. The van der Waals surface area contributed by atoms with Crippen LogP contribution in [0.2, 0.25) is 0 Å². The topological polar surface area (TPSA) is 0 Å². The summed E-state index contributed by atoms with van der Waals surface area (Å²) in [6.45, 7) is 18.0. The van der Waals surface area contributed by atoms with Crippen LogP contribution in [-0.4, -0.2) is 0 Å². The third kappa shape index (κ3) is 3.68. The smallest absolute Gasteiger partial charge is 0.00374 e. The number of hydrogen-bond acceptors (Lipinski definition) is 0. The quantitative estimate of drug-likeness (QED) is 0.478. The van der Waals surface area contributed by atoms with Crippen molar-refractivity contribution in [3.05, 3.63) is 34.8 Å². The summed E-state index contributed by atoms with van der Waals surface area (Å²) in [5.41, 5.74) is 10.5. The standard InChI is InChI=1S/2C11H18/c2*1-5-7-10-8-9(6-2)11(10,3)4/h2*5,9H,6,8H2,1-4H3. The van der Waals surface area contributed by atoms with Gasteiger partial charge in [-0.3, -0.25) is 0 Å². The third-order valence-corrected chi connectivity index (χ3v) is 6.12. The minimum Gasteiger partial charge on any atom is -0.126 e. The van der Waals surface area contributed by atoms with Crippen molar-refractivity contribution >= 4 is 0 Å². The zero-order valence-corrected chi connectivity index (χ0v) is 16.1. The molecule has 0 bridgehead atoms. The predicted octanol–water partition coefficient (Wildman–Crippen LogP) is 7.09. The first-order chi connectivity index (χ1) is 10.2. The summed E-state index contributed by atoms with van der Waals surface area (Å²) in [6, 6.07) is 0. The van der Waals surface area contributed by atoms with Gasteiger partial charge >= 0.3 is 0 Å². The van der Waals surface area contributed by atoms with E-state index in [1.54, 1.807) is 0 Å². The highest BCUT2D eigenvalue weighted by molar-refractivity contribution is 5.24. The maximum atomic E-state index is 3.33. The molecule has 2 rings (SSSR count). The molecule has 0 spiro atoms. The second-order valence-electron chi connectivity index (χ2n) is 7.89. The van der Waals surface area contributed by atoms with E-state index in [1.807, 2.05) is 26.0 Å². The van der Waals surface area contributed by atoms with Crippen LogP contribution in [0.3, 0.4) is 0 Å². The van der Waals surface area contributed by atoms with Crippen LogP contribution in [-0.2, 0) is 0 Å². The molecule has 0 amide bonds. The van der Waals surface area contributed by atoms with Gasteiger partial charge < -0.3 is 0 Å². The molecule has 124 valence electrons. The van der Waals surface area contributed by atoms with Crippen LogP contribution in [0.1, 0.15) is 81.1 Å². The molecule has 2 aliphatic carbocycles. The average molecular weight is 301 g/mol. The van der Waals surface area contributed by atoms with Gasteiger partial charge in [-0.15, -0.1) is 11.5 Å². The highest BCUT2D eigenvalue weighted by Crippen LogP contribution is 2.52. The van der Waals surface area contributed by atoms with E-state index in [0.29, 0.717) is 10.8 Å². The Morgan fingerprint density at radius 3 is 1.32 bits per heavy atom. The van der Waals surface area contributed by atoms with Crippen LogP contribution in [0.25, 0.3) is 0 Å². The fourth-order valence-electron chi connectivity index (χ4n) is 3.91. The van der Waals surface area contributed by atoms with Crippen LogP contribution in [0, 0.1) is 22.7 Å².